The fraction of sp³-hybridized carbons (Fsp3) is 0.176. The molecule has 0 aliphatic rings. The van der Waals surface area contributed by atoms with Crippen LogP contribution in [0.4, 0.5) is 0 Å². The van der Waals surface area contributed by atoms with Crippen LogP contribution >= 0.6 is 0 Å². The molecule has 2 aromatic rings. The summed E-state index contributed by atoms with van der Waals surface area (Å²) in [6, 6.07) is 12.0. The third kappa shape index (κ3) is 4.23. The molecule has 0 aliphatic heterocycles. The van der Waals surface area contributed by atoms with Crippen LogP contribution in [0.5, 0.6) is 11.5 Å². The van der Waals surface area contributed by atoms with Crippen LogP contribution < -0.4 is 5.32 Å². The third-order valence-electron chi connectivity index (χ3n) is 3.31. The van der Waals surface area contributed by atoms with Gasteiger partial charge in [0.05, 0.1) is 7.11 Å². The number of hydrogen-bond acceptors (Lipinski definition) is 5. The van der Waals surface area contributed by atoms with Gasteiger partial charge in [0.25, 0.3) is 5.91 Å². The third-order valence-corrected chi connectivity index (χ3v) is 3.31. The SMILES string of the molecule is COC(=O)[C@H](Cc1ccccc1)NC(=O)c1ccc(O)c(O)c1. The van der Waals surface area contributed by atoms with Gasteiger partial charge >= 0.3 is 5.97 Å². The molecular weight excluding hydrogens is 298 g/mol. The van der Waals surface area contributed by atoms with E-state index in [4.69, 9.17) is 4.74 Å². The summed E-state index contributed by atoms with van der Waals surface area (Å²) in [4.78, 5) is 24.1. The molecule has 120 valence electrons. The molecule has 0 aliphatic carbocycles. The maximum atomic E-state index is 12.2. The second-order valence-electron chi connectivity index (χ2n) is 4.94. The summed E-state index contributed by atoms with van der Waals surface area (Å²) in [6.07, 6.45) is 0.281. The minimum Gasteiger partial charge on any atom is -0.504 e. The molecule has 0 fully saturated rings. The van der Waals surface area contributed by atoms with Crippen LogP contribution in [0.15, 0.2) is 48.5 Å². The van der Waals surface area contributed by atoms with Crippen molar-refractivity contribution in [2.75, 3.05) is 7.11 Å². The average molecular weight is 315 g/mol. The highest BCUT2D eigenvalue weighted by Gasteiger charge is 2.23. The average Bonchev–Trinajstić information content (AvgIpc) is 2.56. The van der Waals surface area contributed by atoms with Crippen molar-refractivity contribution in [3.05, 3.63) is 59.7 Å². The molecule has 23 heavy (non-hydrogen) atoms. The smallest absolute Gasteiger partial charge is 0.328 e. The number of aromatic hydroxyl groups is 2. The van der Waals surface area contributed by atoms with Gasteiger partial charge in [-0.25, -0.2) is 4.79 Å². The van der Waals surface area contributed by atoms with Gasteiger partial charge in [0.15, 0.2) is 11.5 Å². The maximum absolute atomic E-state index is 12.2. The number of carbonyl (C=O) groups is 2. The van der Waals surface area contributed by atoms with Crippen LogP contribution in [0, 0.1) is 0 Å². The Morgan fingerprint density at radius 3 is 2.39 bits per heavy atom. The molecule has 0 saturated heterocycles. The van der Waals surface area contributed by atoms with Gasteiger partial charge < -0.3 is 20.3 Å². The van der Waals surface area contributed by atoms with E-state index in [-0.39, 0.29) is 17.7 Å². The van der Waals surface area contributed by atoms with E-state index in [0.29, 0.717) is 0 Å². The van der Waals surface area contributed by atoms with E-state index in [9.17, 15) is 19.8 Å². The zero-order valence-corrected chi connectivity index (χ0v) is 12.5. The molecule has 0 aromatic heterocycles. The Kier molecular flexibility index (Phi) is 5.19. The van der Waals surface area contributed by atoms with E-state index in [1.54, 1.807) is 0 Å². The van der Waals surface area contributed by atoms with Crippen LogP contribution in [0.2, 0.25) is 0 Å². The Morgan fingerprint density at radius 2 is 1.78 bits per heavy atom. The van der Waals surface area contributed by atoms with Gasteiger partial charge in [-0.05, 0) is 23.8 Å². The molecule has 1 amide bonds. The van der Waals surface area contributed by atoms with Gasteiger partial charge in [0.1, 0.15) is 6.04 Å². The first-order chi connectivity index (χ1) is 11.0. The van der Waals surface area contributed by atoms with Crippen LogP contribution in [0.1, 0.15) is 15.9 Å². The first-order valence-corrected chi connectivity index (χ1v) is 6.96. The highest BCUT2D eigenvalue weighted by molar-refractivity contribution is 5.97. The fourth-order valence-corrected chi connectivity index (χ4v) is 2.09. The lowest BCUT2D eigenvalue weighted by Gasteiger charge is -2.17. The van der Waals surface area contributed by atoms with Crippen molar-refractivity contribution in [3.63, 3.8) is 0 Å². The number of methoxy groups -OCH3 is 1. The molecule has 0 unspecified atom stereocenters. The molecule has 0 heterocycles. The van der Waals surface area contributed by atoms with E-state index in [2.05, 4.69) is 5.32 Å². The van der Waals surface area contributed by atoms with Gasteiger partial charge in [-0.1, -0.05) is 30.3 Å². The number of benzene rings is 2. The molecule has 3 N–H and O–H groups in total. The first kappa shape index (κ1) is 16.4. The molecule has 0 spiro atoms. The van der Waals surface area contributed by atoms with E-state index >= 15 is 0 Å². The maximum Gasteiger partial charge on any atom is 0.328 e. The van der Waals surface area contributed by atoms with Crippen molar-refractivity contribution in [2.24, 2.45) is 0 Å². The second-order valence-corrected chi connectivity index (χ2v) is 4.94. The normalized spacial score (nSPS) is 11.5. The number of hydrogen-bond donors (Lipinski definition) is 3. The highest BCUT2D eigenvalue weighted by atomic mass is 16.5. The monoisotopic (exact) mass is 315 g/mol. The molecule has 6 nitrogen and oxygen atoms in total. The summed E-state index contributed by atoms with van der Waals surface area (Å²) in [5.74, 6) is -1.84. The van der Waals surface area contributed by atoms with Crippen molar-refractivity contribution in [2.45, 2.75) is 12.5 Å². The fourth-order valence-electron chi connectivity index (χ4n) is 2.09. The number of ether oxygens (including phenoxy) is 1. The summed E-state index contributed by atoms with van der Waals surface area (Å²) in [5.41, 5.74) is 0.999. The van der Waals surface area contributed by atoms with Crippen molar-refractivity contribution < 1.29 is 24.5 Å². The van der Waals surface area contributed by atoms with Gasteiger partial charge in [0, 0.05) is 12.0 Å². The van der Waals surface area contributed by atoms with Crippen molar-refractivity contribution in [1.82, 2.24) is 5.32 Å². The standard InChI is InChI=1S/C17H17NO5/c1-23-17(22)13(9-11-5-3-2-4-6-11)18-16(21)12-7-8-14(19)15(20)10-12/h2-8,10,13,19-20H,9H2,1H3,(H,18,21)/t13-/m0/s1. The zero-order chi connectivity index (χ0) is 16.8. The van der Waals surface area contributed by atoms with Crippen LogP contribution in [0.3, 0.4) is 0 Å². The number of carbonyl (C=O) groups excluding carboxylic acids is 2. The number of amides is 1. The molecule has 0 radical (unpaired) electrons. The van der Waals surface area contributed by atoms with E-state index < -0.39 is 23.7 Å². The number of nitrogens with one attached hydrogen (secondary N) is 1. The Labute approximate surface area is 133 Å². The summed E-state index contributed by atoms with van der Waals surface area (Å²) >= 11 is 0. The van der Waals surface area contributed by atoms with Crippen molar-refractivity contribution in [3.8, 4) is 11.5 Å². The van der Waals surface area contributed by atoms with Gasteiger partial charge in [-0.3, -0.25) is 4.79 Å². The molecule has 2 aromatic carbocycles. The summed E-state index contributed by atoms with van der Waals surface area (Å²) in [7, 11) is 1.25. The summed E-state index contributed by atoms with van der Waals surface area (Å²) < 4.78 is 4.72. The molecular formula is C17H17NO5. The second kappa shape index (κ2) is 7.31. The number of esters is 1. The van der Waals surface area contributed by atoms with Crippen LogP contribution in [-0.4, -0.2) is 35.2 Å². The topological polar surface area (TPSA) is 95.9 Å². The zero-order valence-electron chi connectivity index (χ0n) is 12.5. The lowest BCUT2D eigenvalue weighted by atomic mass is 10.1. The summed E-state index contributed by atoms with van der Waals surface area (Å²) in [5, 5.41) is 21.3. The Hall–Kier alpha value is -3.02. The van der Waals surface area contributed by atoms with E-state index in [1.807, 2.05) is 30.3 Å². The molecule has 6 heteroatoms. The van der Waals surface area contributed by atoms with Gasteiger partial charge in [-0.2, -0.15) is 0 Å². The highest BCUT2D eigenvalue weighted by Crippen LogP contribution is 2.24. The number of phenolic OH excluding ortho intramolecular Hbond substituents is 2. The summed E-state index contributed by atoms with van der Waals surface area (Å²) in [6.45, 7) is 0. The number of rotatable bonds is 5. The molecule has 2 rings (SSSR count). The molecule has 0 saturated carbocycles. The van der Waals surface area contributed by atoms with E-state index in [0.717, 1.165) is 11.6 Å². The van der Waals surface area contributed by atoms with Crippen molar-refractivity contribution >= 4 is 11.9 Å². The predicted molar refractivity (Wildman–Crippen MR) is 83.2 cm³/mol. The number of phenols is 2. The Bertz CT molecular complexity index is 699. The van der Waals surface area contributed by atoms with Gasteiger partial charge in [0.2, 0.25) is 0 Å². The largest absolute Gasteiger partial charge is 0.504 e. The van der Waals surface area contributed by atoms with E-state index in [1.165, 1.54) is 19.2 Å². The Balaban J connectivity index is 2.15. The van der Waals surface area contributed by atoms with Crippen molar-refractivity contribution in [1.29, 1.82) is 0 Å². The Morgan fingerprint density at radius 1 is 1.09 bits per heavy atom. The lowest BCUT2D eigenvalue weighted by Crippen LogP contribution is -2.43. The van der Waals surface area contributed by atoms with Gasteiger partial charge in [-0.15, -0.1) is 0 Å². The molecule has 1 atom stereocenters. The molecule has 0 bridgehead atoms. The minimum absolute atomic E-state index is 0.127. The minimum atomic E-state index is -0.856. The first-order valence-electron chi connectivity index (χ1n) is 6.96. The van der Waals surface area contributed by atoms with Crippen LogP contribution in [0.25, 0.3) is 0 Å². The van der Waals surface area contributed by atoms with Crippen LogP contribution in [-0.2, 0) is 16.0 Å². The predicted octanol–water partition coefficient (Wildman–Crippen LogP) is 1.61. The quantitative estimate of drug-likeness (QED) is 0.575. The lowest BCUT2D eigenvalue weighted by molar-refractivity contribution is -0.142.